The van der Waals surface area contributed by atoms with Crippen LogP contribution in [-0.2, 0) is 0 Å². The Hall–Kier alpha value is -0.960. The van der Waals surface area contributed by atoms with E-state index >= 15 is 0 Å². The van der Waals surface area contributed by atoms with Gasteiger partial charge in [-0.25, -0.2) is 0 Å². The fraction of sp³-hybridized carbons (Fsp3) is 0.538. The van der Waals surface area contributed by atoms with Crippen molar-refractivity contribution in [3.8, 4) is 11.8 Å². The van der Waals surface area contributed by atoms with Gasteiger partial charge in [-0.05, 0) is 25.3 Å². The van der Waals surface area contributed by atoms with Crippen molar-refractivity contribution >= 4 is 0 Å². The molecule has 0 unspecified atom stereocenters. The van der Waals surface area contributed by atoms with Gasteiger partial charge in [-0.2, -0.15) is 0 Å². The summed E-state index contributed by atoms with van der Waals surface area (Å²) in [5.41, 5.74) is 0. The lowest BCUT2D eigenvalue weighted by atomic mass is 10.1. The molecule has 1 aliphatic rings. The standard InChI is InChI=1S/C13H18/c1-2-4-6-8-10-12-13-11-9-7-5-3-1/h1-4H,5,7,9-13H2/b3-1+,4-2-. The van der Waals surface area contributed by atoms with Crippen LogP contribution in [-0.4, -0.2) is 0 Å². The predicted molar refractivity (Wildman–Crippen MR) is 58.4 cm³/mol. The molecule has 70 valence electrons. The monoisotopic (exact) mass is 174 g/mol. The fourth-order valence-electron chi connectivity index (χ4n) is 1.42. The van der Waals surface area contributed by atoms with Crippen LogP contribution in [0.1, 0.15) is 44.9 Å². The van der Waals surface area contributed by atoms with Crippen molar-refractivity contribution < 1.29 is 0 Å². The van der Waals surface area contributed by atoms with Crippen LogP contribution in [0.4, 0.5) is 0 Å². The molecule has 0 spiro atoms. The molecule has 13 heavy (non-hydrogen) atoms. The van der Waals surface area contributed by atoms with Gasteiger partial charge >= 0.3 is 0 Å². The summed E-state index contributed by atoms with van der Waals surface area (Å²) in [4.78, 5) is 0. The van der Waals surface area contributed by atoms with Gasteiger partial charge in [-0.3, -0.25) is 0 Å². The quantitative estimate of drug-likeness (QED) is 0.489. The highest BCUT2D eigenvalue weighted by atomic mass is 13.9. The van der Waals surface area contributed by atoms with Crippen LogP contribution in [0.5, 0.6) is 0 Å². The molecule has 0 aromatic heterocycles. The van der Waals surface area contributed by atoms with Gasteiger partial charge in [-0.1, -0.05) is 49.3 Å². The normalized spacial score (nSPS) is 24.0. The summed E-state index contributed by atoms with van der Waals surface area (Å²) in [6, 6.07) is 0. The SMILES string of the molecule is C1#CCCCCCCC/C=C/C=C\1. The second kappa shape index (κ2) is 7.68. The zero-order valence-corrected chi connectivity index (χ0v) is 8.26. The Morgan fingerprint density at radius 2 is 1.69 bits per heavy atom. The molecule has 0 aliphatic heterocycles. The van der Waals surface area contributed by atoms with Crippen molar-refractivity contribution in [3.05, 3.63) is 24.3 Å². The molecule has 0 saturated carbocycles. The van der Waals surface area contributed by atoms with E-state index in [1.165, 1.54) is 38.5 Å². The summed E-state index contributed by atoms with van der Waals surface area (Å²) in [5.74, 6) is 6.19. The zero-order valence-electron chi connectivity index (χ0n) is 8.26. The van der Waals surface area contributed by atoms with E-state index in [2.05, 4.69) is 24.0 Å². The van der Waals surface area contributed by atoms with E-state index in [1.807, 2.05) is 12.2 Å². The third-order valence-corrected chi connectivity index (χ3v) is 2.20. The Morgan fingerprint density at radius 1 is 0.846 bits per heavy atom. The molecule has 0 aromatic carbocycles. The first-order valence-electron chi connectivity index (χ1n) is 5.30. The van der Waals surface area contributed by atoms with Gasteiger partial charge in [0.05, 0.1) is 0 Å². The molecule has 0 fully saturated rings. The molecule has 0 atom stereocenters. The van der Waals surface area contributed by atoms with Crippen molar-refractivity contribution in [2.45, 2.75) is 44.9 Å². The Labute approximate surface area is 81.7 Å². The van der Waals surface area contributed by atoms with Crippen molar-refractivity contribution in [3.63, 3.8) is 0 Å². The summed E-state index contributed by atoms with van der Waals surface area (Å²) in [5, 5.41) is 0. The van der Waals surface area contributed by atoms with E-state index in [9.17, 15) is 0 Å². The highest BCUT2D eigenvalue weighted by molar-refractivity contribution is 5.19. The maximum atomic E-state index is 3.15. The van der Waals surface area contributed by atoms with Gasteiger partial charge in [0.1, 0.15) is 0 Å². The van der Waals surface area contributed by atoms with Crippen LogP contribution >= 0.6 is 0 Å². The van der Waals surface area contributed by atoms with Crippen molar-refractivity contribution in [2.24, 2.45) is 0 Å². The van der Waals surface area contributed by atoms with Gasteiger partial charge in [0.2, 0.25) is 0 Å². The van der Waals surface area contributed by atoms with Crippen LogP contribution in [0.25, 0.3) is 0 Å². The second-order valence-electron chi connectivity index (χ2n) is 3.41. The molecule has 0 bridgehead atoms. The summed E-state index contributed by atoms with van der Waals surface area (Å²) < 4.78 is 0. The lowest BCUT2D eigenvalue weighted by Gasteiger charge is -1.96. The van der Waals surface area contributed by atoms with Gasteiger partial charge in [0, 0.05) is 6.42 Å². The molecule has 1 aliphatic carbocycles. The average Bonchev–Trinajstić information content (AvgIpc) is 2.18. The van der Waals surface area contributed by atoms with Crippen LogP contribution in [0.15, 0.2) is 24.3 Å². The number of hydrogen-bond acceptors (Lipinski definition) is 0. The number of allylic oxidation sites excluding steroid dienone is 4. The van der Waals surface area contributed by atoms with E-state index in [0.717, 1.165) is 6.42 Å². The van der Waals surface area contributed by atoms with Crippen LogP contribution < -0.4 is 0 Å². The highest BCUT2D eigenvalue weighted by Gasteiger charge is 1.88. The highest BCUT2D eigenvalue weighted by Crippen LogP contribution is 2.07. The first-order valence-corrected chi connectivity index (χ1v) is 5.30. The first-order chi connectivity index (χ1) is 6.50. The van der Waals surface area contributed by atoms with Crippen LogP contribution in [0.3, 0.4) is 0 Å². The Balaban J connectivity index is 2.34. The second-order valence-corrected chi connectivity index (χ2v) is 3.41. The molecular formula is C13H18. The molecule has 0 aromatic rings. The van der Waals surface area contributed by atoms with E-state index < -0.39 is 0 Å². The van der Waals surface area contributed by atoms with Crippen molar-refractivity contribution in [1.82, 2.24) is 0 Å². The van der Waals surface area contributed by atoms with Gasteiger partial charge < -0.3 is 0 Å². The molecule has 0 N–H and O–H groups in total. The molecule has 1 rings (SSSR count). The van der Waals surface area contributed by atoms with E-state index in [4.69, 9.17) is 0 Å². The molecule has 0 radical (unpaired) electrons. The molecule has 0 nitrogen and oxygen atoms in total. The Morgan fingerprint density at radius 3 is 2.69 bits per heavy atom. The lowest BCUT2D eigenvalue weighted by Crippen LogP contribution is -1.77. The molecular weight excluding hydrogens is 156 g/mol. The summed E-state index contributed by atoms with van der Waals surface area (Å²) in [7, 11) is 0. The van der Waals surface area contributed by atoms with E-state index in [-0.39, 0.29) is 0 Å². The van der Waals surface area contributed by atoms with Gasteiger partial charge in [-0.15, -0.1) is 0 Å². The third kappa shape index (κ3) is 6.22. The van der Waals surface area contributed by atoms with E-state index in [1.54, 1.807) is 0 Å². The van der Waals surface area contributed by atoms with Crippen LogP contribution in [0, 0.1) is 11.8 Å². The zero-order chi connectivity index (χ0) is 9.19. The van der Waals surface area contributed by atoms with Crippen molar-refractivity contribution in [2.75, 3.05) is 0 Å². The summed E-state index contributed by atoms with van der Waals surface area (Å²) in [6.07, 6.45) is 17.3. The largest absolute Gasteiger partial charge is 0.0985 e. The molecule has 0 saturated heterocycles. The fourth-order valence-corrected chi connectivity index (χ4v) is 1.42. The minimum Gasteiger partial charge on any atom is -0.0985 e. The Kier molecular flexibility index (Phi) is 5.98. The van der Waals surface area contributed by atoms with E-state index in [0.29, 0.717) is 0 Å². The topological polar surface area (TPSA) is 0 Å². The van der Waals surface area contributed by atoms with Gasteiger partial charge in [0.25, 0.3) is 0 Å². The van der Waals surface area contributed by atoms with Crippen molar-refractivity contribution in [1.29, 1.82) is 0 Å². The maximum absolute atomic E-state index is 3.15. The Bertz CT molecular complexity index is 222. The smallest absolute Gasteiger partial charge is 0.00922 e. The van der Waals surface area contributed by atoms with Gasteiger partial charge in [0.15, 0.2) is 0 Å². The number of hydrogen-bond donors (Lipinski definition) is 0. The summed E-state index contributed by atoms with van der Waals surface area (Å²) in [6.45, 7) is 0. The molecule has 0 heterocycles. The molecule has 0 amide bonds. The lowest BCUT2D eigenvalue weighted by molar-refractivity contribution is 0.625. The first kappa shape index (κ1) is 10.1. The molecule has 0 heteroatoms. The minimum absolute atomic E-state index is 1.06. The number of rotatable bonds is 0. The third-order valence-electron chi connectivity index (χ3n) is 2.20. The predicted octanol–water partition coefficient (Wildman–Crippen LogP) is 3.85. The minimum atomic E-state index is 1.06. The maximum Gasteiger partial charge on any atom is 0.00922 e. The average molecular weight is 174 g/mol. The summed E-state index contributed by atoms with van der Waals surface area (Å²) >= 11 is 0. The van der Waals surface area contributed by atoms with Crippen LogP contribution in [0.2, 0.25) is 0 Å².